The van der Waals surface area contributed by atoms with Gasteiger partial charge in [0.1, 0.15) is 11.3 Å². The predicted octanol–water partition coefficient (Wildman–Crippen LogP) is 2.85. The van der Waals surface area contributed by atoms with Crippen molar-refractivity contribution < 1.29 is 22.7 Å². The molecule has 0 radical (unpaired) electrons. The number of hydrogen-bond donors (Lipinski definition) is 3. The summed E-state index contributed by atoms with van der Waals surface area (Å²) in [5.74, 6) is -3.17. The summed E-state index contributed by atoms with van der Waals surface area (Å²) >= 11 is 4.47. The Morgan fingerprint density at radius 3 is 2.72 bits per heavy atom. The molecule has 1 aromatic carbocycles. The van der Waals surface area contributed by atoms with Crippen molar-refractivity contribution in [3.05, 3.63) is 46.5 Å². The highest BCUT2D eigenvalue weighted by Gasteiger charge is 2.40. The van der Waals surface area contributed by atoms with E-state index in [1.165, 1.54) is 0 Å². The highest BCUT2D eigenvalue weighted by Crippen LogP contribution is 2.42. The third kappa shape index (κ3) is 4.21. The molecule has 1 amide bonds. The van der Waals surface area contributed by atoms with Crippen LogP contribution in [0.15, 0.2) is 23.5 Å². The number of benzene rings is 1. The van der Waals surface area contributed by atoms with Crippen LogP contribution in [0.5, 0.6) is 0 Å². The van der Waals surface area contributed by atoms with E-state index in [2.05, 4.69) is 23.3 Å². The summed E-state index contributed by atoms with van der Waals surface area (Å²) in [6.45, 7) is 2.37. The molecule has 2 N–H and O–H groups in total. The summed E-state index contributed by atoms with van der Waals surface area (Å²) in [5.41, 5.74) is 0.886. The molecule has 0 aliphatic carbocycles. The van der Waals surface area contributed by atoms with Crippen LogP contribution in [0.4, 0.5) is 13.2 Å². The van der Waals surface area contributed by atoms with Crippen molar-refractivity contribution in [2.75, 3.05) is 26.3 Å². The summed E-state index contributed by atoms with van der Waals surface area (Å²) in [4.78, 5) is 14.3. The summed E-state index contributed by atoms with van der Waals surface area (Å²) in [6.07, 6.45) is 2.34. The number of ether oxygens (including phenoxy) is 1. The Kier molecular flexibility index (Phi) is 5.96. The highest BCUT2D eigenvalue weighted by atomic mass is 32.1. The monoisotopic (exact) mass is 427 g/mol. The third-order valence-corrected chi connectivity index (χ3v) is 6.31. The number of carbonyl (C=O) groups is 1. The maximum absolute atomic E-state index is 14.2. The normalized spacial score (nSPS) is 24.6. The number of rotatable bonds is 5. The largest absolute Gasteiger partial charge is 0.381 e. The SMILES string of the molecule is O=C(CC1=C2C[C@H](c3c(F)ccc(F)c3F)CN2[C@H](S)N1)NCC1CCOCC1. The van der Waals surface area contributed by atoms with Gasteiger partial charge in [0, 0.05) is 49.2 Å². The van der Waals surface area contributed by atoms with Gasteiger partial charge in [0.05, 0.1) is 6.42 Å². The Morgan fingerprint density at radius 1 is 1.24 bits per heavy atom. The van der Waals surface area contributed by atoms with Crippen LogP contribution in [0.2, 0.25) is 0 Å². The van der Waals surface area contributed by atoms with Crippen LogP contribution in [0.3, 0.4) is 0 Å². The van der Waals surface area contributed by atoms with Gasteiger partial charge in [-0.1, -0.05) is 0 Å². The summed E-state index contributed by atoms with van der Waals surface area (Å²) in [6, 6.07) is 1.74. The van der Waals surface area contributed by atoms with Crippen molar-refractivity contribution in [3.8, 4) is 0 Å². The van der Waals surface area contributed by atoms with Crippen molar-refractivity contribution in [1.29, 1.82) is 0 Å². The molecule has 29 heavy (non-hydrogen) atoms. The van der Waals surface area contributed by atoms with Crippen LogP contribution in [0, 0.1) is 23.4 Å². The maximum Gasteiger partial charge on any atom is 0.225 e. The first kappa shape index (κ1) is 20.4. The van der Waals surface area contributed by atoms with Crippen LogP contribution in [-0.2, 0) is 9.53 Å². The summed E-state index contributed by atoms with van der Waals surface area (Å²) < 4.78 is 47.3. The third-order valence-electron chi connectivity index (χ3n) is 5.90. The summed E-state index contributed by atoms with van der Waals surface area (Å²) in [5, 5.41) is 6.13. The van der Waals surface area contributed by atoms with E-state index in [0.717, 1.165) is 43.9 Å². The van der Waals surface area contributed by atoms with E-state index >= 15 is 0 Å². The second kappa shape index (κ2) is 8.47. The second-order valence-corrected chi connectivity index (χ2v) is 8.28. The van der Waals surface area contributed by atoms with Crippen molar-refractivity contribution >= 4 is 18.5 Å². The van der Waals surface area contributed by atoms with Gasteiger partial charge < -0.3 is 20.3 Å². The molecule has 4 rings (SSSR count). The molecule has 3 heterocycles. The maximum atomic E-state index is 14.2. The molecule has 158 valence electrons. The number of amides is 1. The zero-order valence-electron chi connectivity index (χ0n) is 15.9. The van der Waals surface area contributed by atoms with Gasteiger partial charge in [-0.15, -0.1) is 12.6 Å². The fourth-order valence-corrected chi connectivity index (χ4v) is 4.71. The van der Waals surface area contributed by atoms with Gasteiger partial charge in [0.15, 0.2) is 11.6 Å². The van der Waals surface area contributed by atoms with Gasteiger partial charge in [-0.3, -0.25) is 4.79 Å². The zero-order chi connectivity index (χ0) is 20.5. The quantitative estimate of drug-likeness (QED) is 0.500. The molecule has 0 aromatic heterocycles. The van der Waals surface area contributed by atoms with Crippen molar-refractivity contribution in [2.24, 2.45) is 5.92 Å². The zero-order valence-corrected chi connectivity index (χ0v) is 16.8. The van der Waals surface area contributed by atoms with Crippen molar-refractivity contribution in [1.82, 2.24) is 15.5 Å². The van der Waals surface area contributed by atoms with Gasteiger partial charge >= 0.3 is 0 Å². The van der Waals surface area contributed by atoms with Crippen molar-refractivity contribution in [3.63, 3.8) is 0 Å². The molecule has 2 fully saturated rings. The average Bonchev–Trinajstić information content (AvgIpc) is 3.25. The van der Waals surface area contributed by atoms with Gasteiger partial charge in [-0.05, 0) is 37.3 Å². The lowest BCUT2D eigenvalue weighted by atomic mass is 9.95. The fourth-order valence-electron chi connectivity index (χ4n) is 4.32. The standard InChI is InChI=1S/C20H24F3N3O2S/c21-13-1-2-14(22)19(23)18(13)12-7-16-15(25-20(29)26(16)10-12)8-17(27)24-9-11-3-5-28-6-4-11/h1-2,11-12,20,25,29H,3-10H2,(H,24,27)/t12-,20+/m0/s1. The molecular weight excluding hydrogens is 403 g/mol. The van der Waals surface area contributed by atoms with E-state index in [9.17, 15) is 18.0 Å². The number of carbonyl (C=O) groups excluding carboxylic acids is 1. The predicted molar refractivity (Wildman–Crippen MR) is 104 cm³/mol. The molecule has 0 spiro atoms. The number of thiol groups is 1. The minimum atomic E-state index is -1.14. The molecule has 1 aromatic rings. The van der Waals surface area contributed by atoms with Crippen molar-refractivity contribution in [2.45, 2.75) is 37.1 Å². The first-order chi connectivity index (χ1) is 13.9. The molecule has 0 bridgehead atoms. The van der Waals surface area contributed by atoms with E-state index in [-0.39, 0.29) is 23.4 Å². The van der Waals surface area contributed by atoms with Gasteiger partial charge in [0.2, 0.25) is 5.91 Å². The minimum absolute atomic E-state index is 0.111. The lowest BCUT2D eigenvalue weighted by Crippen LogP contribution is -2.34. The Morgan fingerprint density at radius 2 is 1.97 bits per heavy atom. The van der Waals surface area contributed by atoms with Crippen LogP contribution in [0.1, 0.15) is 37.2 Å². The highest BCUT2D eigenvalue weighted by molar-refractivity contribution is 7.80. The van der Waals surface area contributed by atoms with E-state index in [1.54, 1.807) is 0 Å². The van der Waals surface area contributed by atoms with E-state index in [4.69, 9.17) is 4.74 Å². The topological polar surface area (TPSA) is 53.6 Å². The Balaban J connectivity index is 1.44. The molecule has 3 aliphatic rings. The second-order valence-electron chi connectivity index (χ2n) is 7.79. The number of nitrogens with one attached hydrogen (secondary N) is 2. The van der Waals surface area contributed by atoms with E-state index in [1.807, 2.05) is 4.90 Å². The summed E-state index contributed by atoms with van der Waals surface area (Å²) in [7, 11) is 0. The molecule has 2 saturated heterocycles. The molecule has 5 nitrogen and oxygen atoms in total. The average molecular weight is 427 g/mol. The van der Waals surface area contributed by atoms with Crippen LogP contribution in [0.25, 0.3) is 0 Å². The Hall–Kier alpha value is -1.87. The minimum Gasteiger partial charge on any atom is -0.381 e. The van der Waals surface area contributed by atoms with E-state index in [0.29, 0.717) is 31.1 Å². The van der Waals surface area contributed by atoms with Crippen LogP contribution >= 0.6 is 12.6 Å². The molecule has 9 heteroatoms. The number of halogens is 3. The molecule has 0 saturated carbocycles. The van der Waals surface area contributed by atoms with Gasteiger partial charge in [-0.2, -0.15) is 0 Å². The van der Waals surface area contributed by atoms with Crippen LogP contribution in [-0.4, -0.2) is 42.6 Å². The molecular formula is C20H24F3N3O2S. The van der Waals surface area contributed by atoms with E-state index < -0.39 is 23.4 Å². The first-order valence-corrected chi connectivity index (χ1v) is 10.4. The molecule has 0 unspecified atom stereocenters. The lowest BCUT2D eigenvalue weighted by Gasteiger charge is -2.22. The fraction of sp³-hybridized carbons (Fsp3) is 0.550. The first-order valence-electron chi connectivity index (χ1n) is 9.85. The Bertz CT molecular complexity index is 829. The number of nitrogens with zero attached hydrogens (tertiary/aromatic N) is 1. The smallest absolute Gasteiger partial charge is 0.225 e. The Labute approximate surface area is 173 Å². The van der Waals surface area contributed by atoms with Gasteiger partial charge in [-0.25, -0.2) is 13.2 Å². The van der Waals surface area contributed by atoms with Crippen LogP contribution < -0.4 is 10.6 Å². The number of allylic oxidation sites excluding steroid dienone is 1. The molecule has 2 atom stereocenters. The number of fused-ring (bicyclic) bond motifs is 1. The number of hydrogen-bond acceptors (Lipinski definition) is 5. The molecule has 3 aliphatic heterocycles. The lowest BCUT2D eigenvalue weighted by molar-refractivity contribution is -0.120. The van der Waals surface area contributed by atoms with Gasteiger partial charge in [0.25, 0.3) is 0 Å².